The highest BCUT2D eigenvalue weighted by molar-refractivity contribution is 7.89. The van der Waals surface area contributed by atoms with Crippen LogP contribution in [0.4, 0.5) is 0 Å². The Balaban J connectivity index is 1.32. The van der Waals surface area contributed by atoms with Crippen LogP contribution in [0.3, 0.4) is 0 Å². The van der Waals surface area contributed by atoms with Gasteiger partial charge in [-0.1, -0.05) is 25.1 Å². The summed E-state index contributed by atoms with van der Waals surface area (Å²) in [5.41, 5.74) is 2.75. The lowest BCUT2D eigenvalue weighted by Crippen LogP contribution is -2.41. The maximum absolute atomic E-state index is 13.3. The second kappa shape index (κ2) is 9.48. The Hall–Kier alpha value is -2.75. The molecule has 0 spiro atoms. The maximum atomic E-state index is 13.3. The minimum Gasteiger partial charge on any atom is -0.440 e. The van der Waals surface area contributed by atoms with Gasteiger partial charge in [-0.05, 0) is 49.1 Å². The van der Waals surface area contributed by atoms with Gasteiger partial charge in [-0.2, -0.15) is 4.31 Å². The first kappa shape index (κ1) is 23.0. The zero-order chi connectivity index (χ0) is 23.7. The minimum absolute atomic E-state index is 0.142. The van der Waals surface area contributed by atoms with E-state index in [-0.39, 0.29) is 16.7 Å². The number of aromatic nitrogens is 1. The number of morpholine rings is 1. The van der Waals surface area contributed by atoms with Crippen molar-refractivity contribution in [2.75, 3.05) is 39.4 Å². The molecule has 0 aliphatic carbocycles. The van der Waals surface area contributed by atoms with Gasteiger partial charge in [-0.15, -0.1) is 0 Å². The fourth-order valence-electron chi connectivity index (χ4n) is 4.72. The van der Waals surface area contributed by atoms with E-state index in [4.69, 9.17) is 9.15 Å². The molecular formula is C25H29N3O5S. The molecule has 0 atom stereocenters. The number of carbonyl (C=O) groups excluding carboxylic acids is 1. The third kappa shape index (κ3) is 4.35. The van der Waals surface area contributed by atoms with Gasteiger partial charge in [-0.25, -0.2) is 13.4 Å². The van der Waals surface area contributed by atoms with Crippen LogP contribution in [0.5, 0.6) is 0 Å². The lowest BCUT2D eigenvalue weighted by molar-refractivity contribution is 0.0705. The molecule has 2 aliphatic heterocycles. The van der Waals surface area contributed by atoms with Crippen LogP contribution in [-0.2, 0) is 21.2 Å². The molecule has 0 radical (unpaired) electrons. The second-order valence-corrected chi connectivity index (χ2v) is 10.7. The Morgan fingerprint density at radius 3 is 2.50 bits per heavy atom. The van der Waals surface area contributed by atoms with Crippen molar-refractivity contribution in [1.29, 1.82) is 0 Å². The van der Waals surface area contributed by atoms with Crippen molar-refractivity contribution in [1.82, 2.24) is 14.2 Å². The van der Waals surface area contributed by atoms with Crippen LogP contribution in [-0.4, -0.2) is 67.9 Å². The highest BCUT2D eigenvalue weighted by Gasteiger charge is 2.31. The molecule has 2 saturated heterocycles. The van der Waals surface area contributed by atoms with E-state index in [2.05, 4.69) is 4.98 Å². The quantitative estimate of drug-likeness (QED) is 0.552. The van der Waals surface area contributed by atoms with Crippen LogP contribution in [0.25, 0.3) is 11.1 Å². The molecule has 3 aromatic rings. The van der Waals surface area contributed by atoms with Crippen LogP contribution < -0.4 is 0 Å². The predicted octanol–water partition coefficient (Wildman–Crippen LogP) is 3.43. The first-order valence-corrected chi connectivity index (χ1v) is 13.3. The van der Waals surface area contributed by atoms with E-state index in [1.165, 1.54) is 4.31 Å². The Bertz CT molecular complexity index is 1260. The van der Waals surface area contributed by atoms with Crippen LogP contribution >= 0.6 is 0 Å². The summed E-state index contributed by atoms with van der Waals surface area (Å²) in [5.74, 6) is 0.743. The van der Waals surface area contributed by atoms with E-state index in [9.17, 15) is 13.2 Å². The van der Waals surface area contributed by atoms with Crippen molar-refractivity contribution in [3.05, 3.63) is 59.5 Å². The lowest BCUT2D eigenvalue weighted by atomic mass is 9.96. The maximum Gasteiger partial charge on any atom is 0.253 e. The number of nitrogens with zero attached hydrogens (tertiary/aromatic N) is 3. The summed E-state index contributed by atoms with van der Waals surface area (Å²) in [6, 6.07) is 12.8. The summed E-state index contributed by atoms with van der Waals surface area (Å²) >= 11 is 0. The molecule has 3 heterocycles. The number of aryl methyl sites for hydroxylation is 1. The number of para-hydroxylation sites is 2. The number of likely N-dealkylation sites (tertiary alicyclic amines) is 1. The summed E-state index contributed by atoms with van der Waals surface area (Å²) in [4.78, 5) is 19.9. The van der Waals surface area contributed by atoms with Gasteiger partial charge in [0, 0.05) is 37.7 Å². The van der Waals surface area contributed by atoms with Gasteiger partial charge in [0.15, 0.2) is 11.5 Å². The third-order valence-corrected chi connectivity index (χ3v) is 8.71. The van der Waals surface area contributed by atoms with Crippen molar-refractivity contribution in [2.45, 2.75) is 37.0 Å². The lowest BCUT2D eigenvalue weighted by Gasteiger charge is -2.31. The van der Waals surface area contributed by atoms with Crippen LogP contribution in [0, 0.1) is 0 Å². The van der Waals surface area contributed by atoms with Gasteiger partial charge in [0.05, 0.1) is 18.1 Å². The van der Waals surface area contributed by atoms with Gasteiger partial charge in [0.1, 0.15) is 5.52 Å². The number of fused-ring (bicyclic) bond motifs is 1. The zero-order valence-corrected chi connectivity index (χ0v) is 20.1. The van der Waals surface area contributed by atoms with Gasteiger partial charge in [0.25, 0.3) is 5.91 Å². The number of rotatable bonds is 5. The van der Waals surface area contributed by atoms with Crippen LogP contribution in [0.1, 0.15) is 47.5 Å². The van der Waals surface area contributed by atoms with Gasteiger partial charge >= 0.3 is 0 Å². The monoisotopic (exact) mass is 483 g/mol. The molecular weight excluding hydrogens is 454 g/mol. The molecule has 1 amide bonds. The van der Waals surface area contributed by atoms with Crippen LogP contribution in [0.2, 0.25) is 0 Å². The molecule has 34 heavy (non-hydrogen) atoms. The Kier molecular flexibility index (Phi) is 6.42. The zero-order valence-electron chi connectivity index (χ0n) is 19.3. The SMILES string of the molecule is CCc1ccc(C(=O)N2CCC(c3nc4ccccc4o3)CC2)cc1S(=O)(=O)N1CCOCC1. The summed E-state index contributed by atoms with van der Waals surface area (Å²) < 4.78 is 39.3. The number of carbonyl (C=O) groups is 1. The number of sulfonamides is 1. The van der Waals surface area contributed by atoms with E-state index >= 15 is 0 Å². The smallest absolute Gasteiger partial charge is 0.253 e. The van der Waals surface area contributed by atoms with E-state index in [0.717, 1.165) is 35.4 Å². The molecule has 8 nitrogen and oxygen atoms in total. The number of amides is 1. The molecule has 2 aromatic carbocycles. The minimum atomic E-state index is -3.69. The number of ether oxygens (including phenoxy) is 1. The normalized spacial score (nSPS) is 18.4. The number of hydrogen-bond donors (Lipinski definition) is 0. The third-order valence-electron chi connectivity index (χ3n) is 6.72. The predicted molar refractivity (Wildman–Crippen MR) is 127 cm³/mol. The Morgan fingerprint density at radius 1 is 1.06 bits per heavy atom. The summed E-state index contributed by atoms with van der Waals surface area (Å²) in [7, 11) is -3.69. The molecule has 0 saturated carbocycles. The highest BCUT2D eigenvalue weighted by Crippen LogP contribution is 2.31. The van der Waals surface area contributed by atoms with E-state index in [1.54, 1.807) is 23.1 Å². The number of oxazole rings is 1. The van der Waals surface area contributed by atoms with E-state index in [0.29, 0.717) is 51.4 Å². The first-order valence-electron chi connectivity index (χ1n) is 11.8. The average molecular weight is 484 g/mol. The van der Waals surface area contributed by atoms with Crippen molar-refractivity contribution in [3.8, 4) is 0 Å². The average Bonchev–Trinajstić information content (AvgIpc) is 3.33. The summed E-state index contributed by atoms with van der Waals surface area (Å²) in [6.07, 6.45) is 2.08. The molecule has 0 N–H and O–H groups in total. The van der Waals surface area contributed by atoms with Crippen molar-refractivity contribution < 1.29 is 22.4 Å². The molecule has 2 fully saturated rings. The first-order chi connectivity index (χ1) is 16.5. The molecule has 180 valence electrons. The molecule has 9 heteroatoms. The second-order valence-electron chi connectivity index (χ2n) is 8.78. The summed E-state index contributed by atoms with van der Waals surface area (Å²) in [6.45, 7) is 4.49. The van der Waals surface area contributed by atoms with E-state index in [1.807, 2.05) is 31.2 Å². The van der Waals surface area contributed by atoms with Gasteiger partial charge < -0.3 is 14.1 Å². The van der Waals surface area contributed by atoms with Crippen molar-refractivity contribution >= 4 is 27.0 Å². The fraction of sp³-hybridized carbons (Fsp3) is 0.440. The molecule has 0 unspecified atom stereocenters. The van der Waals surface area contributed by atoms with Crippen molar-refractivity contribution in [2.24, 2.45) is 0 Å². The Morgan fingerprint density at radius 2 is 1.79 bits per heavy atom. The number of piperidine rings is 1. The Labute approximate surface area is 199 Å². The molecule has 5 rings (SSSR count). The molecule has 2 aliphatic rings. The molecule has 1 aromatic heterocycles. The molecule has 0 bridgehead atoms. The number of hydrogen-bond acceptors (Lipinski definition) is 6. The standard InChI is InChI=1S/C25H29N3O5S/c1-2-18-7-8-20(17-23(18)34(30,31)28-13-15-32-16-14-28)25(29)27-11-9-19(10-12-27)24-26-21-5-3-4-6-22(21)33-24/h3-8,17,19H,2,9-16H2,1H3. The highest BCUT2D eigenvalue weighted by atomic mass is 32.2. The summed E-state index contributed by atoms with van der Waals surface area (Å²) in [5, 5.41) is 0. The van der Waals surface area contributed by atoms with Crippen LogP contribution in [0.15, 0.2) is 51.8 Å². The van der Waals surface area contributed by atoms with Gasteiger partial charge in [0.2, 0.25) is 10.0 Å². The fourth-order valence-corrected chi connectivity index (χ4v) is 6.45. The topological polar surface area (TPSA) is 93.0 Å². The van der Waals surface area contributed by atoms with E-state index < -0.39 is 10.0 Å². The largest absolute Gasteiger partial charge is 0.440 e. The van der Waals surface area contributed by atoms with Crippen molar-refractivity contribution in [3.63, 3.8) is 0 Å². The van der Waals surface area contributed by atoms with Gasteiger partial charge in [-0.3, -0.25) is 4.79 Å². The number of benzene rings is 2.